The monoisotopic (exact) mass is 568 g/mol. The van der Waals surface area contributed by atoms with Crippen molar-refractivity contribution in [2.45, 2.75) is 33.2 Å². The summed E-state index contributed by atoms with van der Waals surface area (Å²) in [4.78, 5) is 48.3. The first-order chi connectivity index (χ1) is 17.9. The molecule has 0 aliphatic heterocycles. The number of nitrogens with zero attached hydrogens (tertiary/aromatic N) is 4. The minimum Gasteiger partial charge on any atom is -0.462 e. The Labute approximate surface area is 222 Å². The number of amides is 1. The van der Waals surface area contributed by atoms with Gasteiger partial charge in [0.15, 0.2) is 5.49 Å². The van der Waals surface area contributed by atoms with E-state index in [1.54, 1.807) is 60.2 Å². The number of fused-ring (bicyclic) bond motifs is 2. The Hall–Kier alpha value is -3.63. The van der Waals surface area contributed by atoms with Crippen LogP contribution in [-0.4, -0.2) is 45.6 Å². The number of allylic oxidation sites excluding steroid dienone is 4. The van der Waals surface area contributed by atoms with Gasteiger partial charge >= 0.3 is 5.97 Å². The van der Waals surface area contributed by atoms with Crippen LogP contribution in [0.3, 0.4) is 0 Å². The number of aryl methyl sites for hydroxylation is 1. The molecule has 0 atom stereocenters. The molecule has 3 aromatic heterocycles. The minimum atomic E-state index is -0.685. The van der Waals surface area contributed by atoms with Gasteiger partial charge in [0.25, 0.3) is 11.5 Å². The number of carbonyl (C=O) groups excluding carboxylic acids is 2. The molecule has 0 aliphatic carbocycles. The number of hydrogen-bond donors (Lipinski definition) is 0. The summed E-state index contributed by atoms with van der Waals surface area (Å²) in [6.07, 6.45) is 8.92. The van der Waals surface area contributed by atoms with Crippen molar-refractivity contribution in [1.82, 2.24) is 14.0 Å². The lowest BCUT2D eigenvalue weighted by Gasteiger charge is -2.15. The molecule has 0 fully saturated rings. The number of hydrogen-bond acceptors (Lipinski definition) is 6. The van der Waals surface area contributed by atoms with E-state index < -0.39 is 11.9 Å². The van der Waals surface area contributed by atoms with Crippen LogP contribution in [0.2, 0.25) is 0 Å². The van der Waals surface area contributed by atoms with E-state index in [4.69, 9.17) is 9.47 Å². The molecular weight excluding hydrogens is 540 g/mol. The highest BCUT2D eigenvalue weighted by molar-refractivity contribution is 9.11. The number of carbonyl (C=O) groups is 2. The molecule has 0 N–H and O–H groups in total. The van der Waals surface area contributed by atoms with E-state index in [-0.39, 0.29) is 35.0 Å². The molecular formula is C27H29BrN4O5. The Bertz CT molecular complexity index is 1500. The topological polar surface area (TPSA) is 104 Å². The van der Waals surface area contributed by atoms with Crippen LogP contribution in [-0.2, 0) is 20.8 Å². The smallest absolute Gasteiger partial charge is 0.341 e. The van der Waals surface area contributed by atoms with Crippen molar-refractivity contribution in [3.63, 3.8) is 0 Å². The Balaban J connectivity index is 2.30. The predicted octanol–water partition coefficient (Wildman–Crippen LogP) is 4.09. The van der Waals surface area contributed by atoms with Crippen LogP contribution in [0.15, 0.2) is 75.6 Å². The largest absolute Gasteiger partial charge is 0.462 e. The molecule has 0 radical (unpaired) electrons. The molecule has 0 saturated carbocycles. The van der Waals surface area contributed by atoms with Crippen LogP contribution in [0, 0.1) is 0 Å². The lowest BCUT2D eigenvalue weighted by Crippen LogP contribution is -2.33. The van der Waals surface area contributed by atoms with Crippen LogP contribution >= 0.6 is 15.9 Å². The van der Waals surface area contributed by atoms with E-state index in [9.17, 15) is 14.4 Å². The maximum Gasteiger partial charge on any atom is 0.341 e. The van der Waals surface area contributed by atoms with Crippen molar-refractivity contribution in [3.8, 4) is 0 Å². The summed E-state index contributed by atoms with van der Waals surface area (Å²) in [6.45, 7) is 8.61. The third-order valence-electron chi connectivity index (χ3n) is 5.23. The Morgan fingerprint density at radius 2 is 2.03 bits per heavy atom. The first-order valence-electron chi connectivity index (χ1n) is 11.9. The molecule has 9 nitrogen and oxygen atoms in total. The number of esters is 1. The number of pyridine rings is 2. The van der Waals surface area contributed by atoms with Crippen molar-refractivity contribution in [3.05, 3.63) is 87.2 Å². The Kier molecular flexibility index (Phi) is 10.3. The van der Waals surface area contributed by atoms with Gasteiger partial charge in [0.2, 0.25) is 0 Å². The van der Waals surface area contributed by atoms with E-state index in [0.29, 0.717) is 42.0 Å². The number of halogens is 1. The molecule has 3 rings (SSSR count). The van der Waals surface area contributed by atoms with Gasteiger partial charge in [-0.2, -0.15) is 4.99 Å². The maximum absolute atomic E-state index is 13.4. The van der Waals surface area contributed by atoms with Crippen molar-refractivity contribution in [2.75, 3.05) is 19.8 Å². The van der Waals surface area contributed by atoms with Gasteiger partial charge in [-0.1, -0.05) is 52.9 Å². The highest BCUT2D eigenvalue weighted by Crippen LogP contribution is 2.14. The predicted molar refractivity (Wildman–Crippen MR) is 146 cm³/mol. The van der Waals surface area contributed by atoms with E-state index in [2.05, 4.69) is 32.5 Å². The van der Waals surface area contributed by atoms with E-state index in [0.717, 1.165) is 0 Å². The standard InChI is InChI=1S/C27H29BrN4O5/c1-4-7-8-12-19(28)17-23(33)30-25-21(27(35)37-6-3)18-20-24(32(25)15-11-16-36-5-2)29-22-13-9-10-14-31(22)26(20)34/h4,7-10,12-14,18H,1,5-6,11,15-17H2,2-3H3/b8-7-,19-12+,30-25?. The maximum atomic E-state index is 13.4. The fraction of sp³-hybridized carbons (Fsp3) is 0.296. The molecule has 0 aromatic carbocycles. The minimum absolute atomic E-state index is 0.0144. The first-order valence-corrected chi connectivity index (χ1v) is 12.7. The number of aromatic nitrogens is 3. The lowest BCUT2D eigenvalue weighted by molar-refractivity contribution is -0.117. The van der Waals surface area contributed by atoms with E-state index in [1.807, 2.05) is 6.92 Å². The summed E-state index contributed by atoms with van der Waals surface area (Å²) in [5, 5.41) is 0.213. The zero-order valence-corrected chi connectivity index (χ0v) is 22.4. The number of rotatable bonds is 11. The Morgan fingerprint density at radius 3 is 2.76 bits per heavy atom. The van der Waals surface area contributed by atoms with Crippen molar-refractivity contribution in [1.29, 1.82) is 0 Å². The lowest BCUT2D eigenvalue weighted by atomic mass is 10.2. The van der Waals surface area contributed by atoms with Crippen molar-refractivity contribution < 1.29 is 19.1 Å². The van der Waals surface area contributed by atoms with Gasteiger partial charge in [-0.15, -0.1) is 0 Å². The van der Waals surface area contributed by atoms with Gasteiger partial charge in [-0.05, 0) is 38.5 Å². The summed E-state index contributed by atoms with van der Waals surface area (Å²) in [5.74, 6) is -1.17. The molecule has 194 valence electrons. The quantitative estimate of drug-likeness (QED) is 0.149. The van der Waals surface area contributed by atoms with Gasteiger partial charge < -0.3 is 14.0 Å². The van der Waals surface area contributed by atoms with Crippen LogP contribution in [0.5, 0.6) is 0 Å². The zero-order valence-electron chi connectivity index (χ0n) is 20.9. The molecule has 3 heterocycles. The third-order valence-corrected chi connectivity index (χ3v) is 5.78. The number of ether oxygens (including phenoxy) is 2. The van der Waals surface area contributed by atoms with Crippen LogP contribution in [0.4, 0.5) is 0 Å². The molecule has 1 amide bonds. The fourth-order valence-corrected chi connectivity index (χ4v) is 4.03. The van der Waals surface area contributed by atoms with Crippen molar-refractivity contribution in [2.24, 2.45) is 4.99 Å². The van der Waals surface area contributed by atoms with Crippen LogP contribution in [0.25, 0.3) is 16.7 Å². The second-order valence-corrected chi connectivity index (χ2v) is 8.82. The summed E-state index contributed by atoms with van der Waals surface area (Å²) in [5.41, 5.74) is 0.500. The average Bonchev–Trinajstić information content (AvgIpc) is 2.87. The van der Waals surface area contributed by atoms with Gasteiger partial charge in [-0.25, -0.2) is 9.78 Å². The summed E-state index contributed by atoms with van der Waals surface area (Å²) in [6, 6.07) is 6.62. The summed E-state index contributed by atoms with van der Waals surface area (Å²) in [7, 11) is 0. The van der Waals surface area contributed by atoms with Crippen LogP contribution in [0.1, 0.15) is 37.0 Å². The first kappa shape index (κ1) is 27.9. The molecule has 37 heavy (non-hydrogen) atoms. The molecule has 0 saturated heterocycles. The molecule has 3 aromatic rings. The van der Waals surface area contributed by atoms with Gasteiger partial charge in [0.05, 0.1) is 18.4 Å². The SMILES string of the molecule is C=C/C=C\C=C(\Br)CC(=O)N=c1c(C(=O)OCC)cc2c(=O)n3ccccc3nc2n1CCCOCC. The van der Waals surface area contributed by atoms with Gasteiger partial charge in [-0.3, -0.25) is 14.0 Å². The fourth-order valence-electron chi connectivity index (χ4n) is 3.64. The summed E-state index contributed by atoms with van der Waals surface area (Å²) < 4.78 is 14.4. The van der Waals surface area contributed by atoms with E-state index >= 15 is 0 Å². The normalized spacial score (nSPS) is 12.5. The average molecular weight is 569 g/mol. The van der Waals surface area contributed by atoms with Gasteiger partial charge in [0, 0.05) is 30.4 Å². The molecule has 0 aliphatic rings. The summed E-state index contributed by atoms with van der Waals surface area (Å²) >= 11 is 3.37. The zero-order chi connectivity index (χ0) is 26.8. The van der Waals surface area contributed by atoms with Gasteiger partial charge in [0.1, 0.15) is 16.9 Å². The molecule has 0 unspecified atom stereocenters. The second-order valence-electron chi connectivity index (χ2n) is 7.80. The molecule has 10 heteroatoms. The Morgan fingerprint density at radius 1 is 1.22 bits per heavy atom. The highest BCUT2D eigenvalue weighted by atomic mass is 79.9. The molecule has 0 spiro atoms. The van der Waals surface area contributed by atoms with Crippen molar-refractivity contribution >= 4 is 44.5 Å². The second kappa shape index (κ2) is 13.6. The third kappa shape index (κ3) is 6.99. The highest BCUT2D eigenvalue weighted by Gasteiger charge is 2.20. The molecule has 0 bridgehead atoms. The van der Waals surface area contributed by atoms with E-state index in [1.165, 1.54) is 10.5 Å². The van der Waals surface area contributed by atoms with Crippen LogP contribution < -0.4 is 11.0 Å².